The lowest BCUT2D eigenvalue weighted by Gasteiger charge is -2.19. The van der Waals surface area contributed by atoms with Gasteiger partial charge in [-0.15, -0.1) is 0 Å². The van der Waals surface area contributed by atoms with Crippen LogP contribution < -0.4 is 0 Å². The van der Waals surface area contributed by atoms with Crippen LogP contribution in [0.5, 0.6) is 0 Å². The van der Waals surface area contributed by atoms with Crippen molar-refractivity contribution in [2.45, 2.75) is 18.9 Å². The third-order valence-electron chi connectivity index (χ3n) is 2.75. The molecule has 6 heteroatoms. The molecule has 1 fully saturated rings. The smallest absolute Gasteiger partial charge is 0.274 e. The number of likely N-dealkylation sites (tertiary alicyclic amines) is 1. The Morgan fingerprint density at radius 3 is 2.82 bits per heavy atom. The highest BCUT2D eigenvalue weighted by Crippen LogP contribution is 2.24. The third kappa shape index (κ3) is 2.70. The van der Waals surface area contributed by atoms with Gasteiger partial charge in [0.05, 0.1) is 10.6 Å². The molecule has 2 rings (SSSR count). The molecule has 1 N–H and O–H groups in total. The van der Waals surface area contributed by atoms with E-state index in [9.17, 15) is 9.90 Å². The van der Waals surface area contributed by atoms with Gasteiger partial charge >= 0.3 is 0 Å². The number of carbonyl (C=O) groups excluding carboxylic acids is 1. The number of halogens is 2. The van der Waals surface area contributed by atoms with Gasteiger partial charge in [0.25, 0.3) is 5.91 Å². The Balaban J connectivity index is 2.23. The Morgan fingerprint density at radius 2 is 2.24 bits per heavy atom. The third-order valence-corrected chi connectivity index (χ3v) is 3.27. The van der Waals surface area contributed by atoms with Gasteiger partial charge in [-0.05, 0) is 25.5 Å². The molecule has 1 aromatic rings. The molecular weight excluding hydrogens is 263 g/mol. The lowest BCUT2D eigenvalue weighted by molar-refractivity contribution is 0.0569. The van der Waals surface area contributed by atoms with Gasteiger partial charge in [-0.1, -0.05) is 23.2 Å². The summed E-state index contributed by atoms with van der Waals surface area (Å²) in [6.45, 7) is 2.49. The molecule has 1 aliphatic heterocycles. The highest BCUT2D eigenvalue weighted by atomic mass is 35.5. The molecule has 0 aromatic carbocycles. The predicted molar refractivity (Wildman–Crippen MR) is 65.4 cm³/mol. The van der Waals surface area contributed by atoms with Crippen LogP contribution in [0.25, 0.3) is 0 Å². The van der Waals surface area contributed by atoms with Crippen LogP contribution in [0.1, 0.15) is 23.8 Å². The molecule has 17 heavy (non-hydrogen) atoms. The van der Waals surface area contributed by atoms with E-state index in [1.807, 2.05) is 0 Å². The van der Waals surface area contributed by atoms with Crippen molar-refractivity contribution in [3.05, 3.63) is 28.0 Å². The largest absolute Gasteiger partial charge is 0.388 e. The molecule has 2 heterocycles. The normalized spacial score (nSPS) is 24.1. The fraction of sp³-hybridized carbons (Fsp3) is 0.455. The maximum absolute atomic E-state index is 12.1. The standard InChI is InChI=1S/C11H12Cl2N2O2/c1-11(17)4-5-15(6-11)10(16)9-7(12)2-3-8(13)14-9/h2-3,17H,4-6H2,1H3. The number of pyridine rings is 1. The van der Waals surface area contributed by atoms with Gasteiger partial charge < -0.3 is 10.0 Å². The fourth-order valence-corrected chi connectivity index (χ4v) is 2.17. The molecule has 1 atom stereocenters. The summed E-state index contributed by atoms with van der Waals surface area (Å²) in [5.41, 5.74) is -0.697. The summed E-state index contributed by atoms with van der Waals surface area (Å²) >= 11 is 11.6. The SMILES string of the molecule is CC1(O)CCN(C(=O)c2nc(Cl)ccc2Cl)C1. The van der Waals surface area contributed by atoms with E-state index < -0.39 is 5.60 Å². The zero-order valence-electron chi connectivity index (χ0n) is 9.28. The first-order valence-electron chi connectivity index (χ1n) is 5.23. The van der Waals surface area contributed by atoms with Crippen LogP contribution >= 0.6 is 23.2 Å². The molecule has 1 saturated heterocycles. The van der Waals surface area contributed by atoms with Crippen LogP contribution in [-0.4, -0.2) is 39.6 Å². The number of aromatic nitrogens is 1. The van der Waals surface area contributed by atoms with Gasteiger partial charge in [0.2, 0.25) is 0 Å². The molecule has 0 bridgehead atoms. The first-order chi connectivity index (χ1) is 7.89. The van der Waals surface area contributed by atoms with Gasteiger partial charge in [0.15, 0.2) is 0 Å². The highest BCUT2D eigenvalue weighted by Gasteiger charge is 2.35. The quantitative estimate of drug-likeness (QED) is 0.797. The molecule has 0 spiro atoms. The minimum Gasteiger partial charge on any atom is -0.388 e. The minimum atomic E-state index is -0.833. The number of aliphatic hydroxyl groups is 1. The second-order valence-electron chi connectivity index (χ2n) is 4.44. The van der Waals surface area contributed by atoms with Crippen molar-refractivity contribution in [2.75, 3.05) is 13.1 Å². The monoisotopic (exact) mass is 274 g/mol. The topological polar surface area (TPSA) is 53.4 Å². The summed E-state index contributed by atoms with van der Waals surface area (Å²) in [5.74, 6) is -0.296. The van der Waals surface area contributed by atoms with Crippen LogP contribution in [0.15, 0.2) is 12.1 Å². The summed E-state index contributed by atoms with van der Waals surface area (Å²) in [6, 6.07) is 3.07. The van der Waals surface area contributed by atoms with Crippen LogP contribution in [0.2, 0.25) is 10.2 Å². The number of carbonyl (C=O) groups is 1. The number of nitrogens with zero attached hydrogens (tertiary/aromatic N) is 2. The van der Waals surface area contributed by atoms with Crippen LogP contribution in [0, 0.1) is 0 Å². The zero-order chi connectivity index (χ0) is 12.6. The van der Waals surface area contributed by atoms with Crippen molar-refractivity contribution in [3.8, 4) is 0 Å². The number of amides is 1. The van der Waals surface area contributed by atoms with E-state index in [2.05, 4.69) is 4.98 Å². The zero-order valence-corrected chi connectivity index (χ0v) is 10.8. The van der Waals surface area contributed by atoms with Crippen LogP contribution in [0.3, 0.4) is 0 Å². The highest BCUT2D eigenvalue weighted by molar-refractivity contribution is 6.34. The molecule has 92 valence electrons. The minimum absolute atomic E-state index is 0.136. The number of rotatable bonds is 1. The average molecular weight is 275 g/mol. The summed E-state index contributed by atoms with van der Waals surface area (Å²) in [4.78, 5) is 17.6. The summed E-state index contributed by atoms with van der Waals surface area (Å²) in [5, 5.41) is 10.3. The van der Waals surface area contributed by atoms with E-state index in [-0.39, 0.29) is 28.3 Å². The van der Waals surface area contributed by atoms with E-state index >= 15 is 0 Å². The predicted octanol–water partition coefficient (Wildman–Crippen LogP) is 1.99. The molecular formula is C11H12Cl2N2O2. The van der Waals surface area contributed by atoms with Gasteiger partial charge in [-0.25, -0.2) is 4.98 Å². The molecule has 1 aromatic heterocycles. The first-order valence-corrected chi connectivity index (χ1v) is 5.98. The maximum atomic E-state index is 12.1. The van der Waals surface area contributed by atoms with Crippen molar-refractivity contribution in [1.29, 1.82) is 0 Å². The van der Waals surface area contributed by atoms with Crippen molar-refractivity contribution in [2.24, 2.45) is 0 Å². The maximum Gasteiger partial charge on any atom is 0.274 e. The molecule has 0 radical (unpaired) electrons. The van der Waals surface area contributed by atoms with Gasteiger partial charge in [-0.2, -0.15) is 0 Å². The number of hydrogen-bond donors (Lipinski definition) is 1. The van der Waals surface area contributed by atoms with Crippen molar-refractivity contribution < 1.29 is 9.90 Å². The van der Waals surface area contributed by atoms with Crippen LogP contribution in [-0.2, 0) is 0 Å². The van der Waals surface area contributed by atoms with E-state index in [4.69, 9.17) is 23.2 Å². The lowest BCUT2D eigenvalue weighted by atomic mass is 10.1. The Bertz CT molecular complexity index is 463. The molecule has 1 unspecified atom stereocenters. The Labute approximate surface area is 109 Å². The van der Waals surface area contributed by atoms with Crippen LogP contribution in [0.4, 0.5) is 0 Å². The fourth-order valence-electron chi connectivity index (χ4n) is 1.84. The van der Waals surface area contributed by atoms with Crippen molar-refractivity contribution in [3.63, 3.8) is 0 Å². The number of β-amino-alcohol motifs (C(OH)–C–C–N with tert-alkyl or cyclic N) is 1. The number of hydrogen-bond acceptors (Lipinski definition) is 3. The Morgan fingerprint density at radius 1 is 1.53 bits per heavy atom. The van der Waals surface area contributed by atoms with Crippen molar-refractivity contribution in [1.82, 2.24) is 9.88 Å². The summed E-state index contributed by atoms with van der Waals surface area (Å²) in [7, 11) is 0. The first kappa shape index (κ1) is 12.6. The van der Waals surface area contributed by atoms with E-state index in [1.165, 1.54) is 11.0 Å². The van der Waals surface area contributed by atoms with Crippen molar-refractivity contribution >= 4 is 29.1 Å². The summed E-state index contributed by atoms with van der Waals surface area (Å²) in [6.07, 6.45) is 0.553. The molecule has 4 nitrogen and oxygen atoms in total. The van der Waals surface area contributed by atoms with Gasteiger partial charge in [0, 0.05) is 13.1 Å². The molecule has 1 aliphatic rings. The molecule has 0 aliphatic carbocycles. The average Bonchev–Trinajstić information content (AvgIpc) is 2.61. The van der Waals surface area contributed by atoms with E-state index in [0.717, 1.165) is 0 Å². The van der Waals surface area contributed by atoms with E-state index in [1.54, 1.807) is 13.0 Å². The molecule has 1 amide bonds. The Kier molecular flexibility index (Phi) is 3.30. The lowest BCUT2D eigenvalue weighted by Crippen LogP contribution is -2.34. The molecule has 0 saturated carbocycles. The Hall–Kier alpha value is -0.840. The second-order valence-corrected chi connectivity index (χ2v) is 5.23. The van der Waals surface area contributed by atoms with E-state index in [0.29, 0.717) is 13.0 Å². The van der Waals surface area contributed by atoms with Gasteiger partial charge in [0.1, 0.15) is 10.8 Å². The summed E-state index contributed by atoms with van der Waals surface area (Å²) < 4.78 is 0. The second kappa shape index (κ2) is 4.44. The van der Waals surface area contributed by atoms with Gasteiger partial charge in [-0.3, -0.25) is 4.79 Å².